The minimum atomic E-state index is 0.0528. The van der Waals surface area contributed by atoms with Crippen molar-refractivity contribution in [3.8, 4) is 5.75 Å². The highest BCUT2D eigenvalue weighted by molar-refractivity contribution is 5.94. The van der Waals surface area contributed by atoms with E-state index in [4.69, 9.17) is 4.74 Å². The van der Waals surface area contributed by atoms with Gasteiger partial charge >= 0.3 is 0 Å². The van der Waals surface area contributed by atoms with Crippen LogP contribution in [0.4, 0.5) is 5.69 Å². The summed E-state index contributed by atoms with van der Waals surface area (Å²) < 4.78 is 5.80. The van der Waals surface area contributed by atoms with Gasteiger partial charge in [-0.15, -0.1) is 0 Å². The third-order valence-corrected chi connectivity index (χ3v) is 5.81. The molecule has 0 atom stereocenters. The first kappa shape index (κ1) is 20.7. The second-order valence-corrected chi connectivity index (χ2v) is 8.32. The van der Waals surface area contributed by atoms with E-state index in [1.165, 1.54) is 0 Å². The van der Waals surface area contributed by atoms with E-state index in [-0.39, 0.29) is 17.7 Å². The van der Waals surface area contributed by atoms with Crippen molar-refractivity contribution in [3.05, 3.63) is 23.8 Å². The molecule has 2 N–H and O–H groups in total. The molecule has 1 aliphatic carbocycles. The van der Waals surface area contributed by atoms with Crippen LogP contribution in [0.1, 0.15) is 37.7 Å². The second-order valence-electron chi connectivity index (χ2n) is 8.32. The highest BCUT2D eigenvalue weighted by Gasteiger charge is 2.26. The highest BCUT2D eigenvalue weighted by atomic mass is 16.5. The average molecular weight is 415 g/mol. The lowest BCUT2D eigenvalue weighted by Crippen LogP contribution is -2.51. The van der Waals surface area contributed by atoms with Crippen LogP contribution in [0.2, 0.25) is 0 Å². The van der Waals surface area contributed by atoms with Crippen LogP contribution in [-0.2, 0) is 20.8 Å². The van der Waals surface area contributed by atoms with Gasteiger partial charge in [0.15, 0.2) is 0 Å². The summed E-state index contributed by atoms with van der Waals surface area (Å²) in [5.41, 5.74) is 1.95. The Morgan fingerprint density at radius 2 is 1.93 bits per heavy atom. The van der Waals surface area contributed by atoms with Crippen molar-refractivity contribution in [1.29, 1.82) is 0 Å². The molecule has 162 valence electrons. The van der Waals surface area contributed by atoms with Crippen molar-refractivity contribution < 1.29 is 19.1 Å². The lowest BCUT2D eigenvalue weighted by atomic mass is 10.0. The van der Waals surface area contributed by atoms with Crippen molar-refractivity contribution in [1.82, 2.24) is 15.1 Å². The molecule has 3 amide bonds. The van der Waals surface area contributed by atoms with Gasteiger partial charge in [0, 0.05) is 50.7 Å². The number of amides is 3. The van der Waals surface area contributed by atoms with Crippen LogP contribution in [0.3, 0.4) is 0 Å². The molecule has 0 radical (unpaired) electrons. The van der Waals surface area contributed by atoms with Crippen molar-refractivity contribution in [2.24, 2.45) is 0 Å². The molecule has 4 rings (SSSR count). The molecule has 8 heteroatoms. The molecule has 1 saturated heterocycles. The Hall–Kier alpha value is -2.61. The molecular formula is C22H30N4O4. The zero-order valence-corrected chi connectivity index (χ0v) is 17.3. The van der Waals surface area contributed by atoms with Crippen molar-refractivity contribution >= 4 is 23.4 Å². The number of nitrogens with one attached hydrogen (secondary N) is 2. The molecule has 0 unspecified atom stereocenters. The fraction of sp³-hybridized carbons (Fsp3) is 0.591. The number of benzene rings is 1. The van der Waals surface area contributed by atoms with E-state index >= 15 is 0 Å². The fourth-order valence-electron chi connectivity index (χ4n) is 3.88. The normalized spacial score (nSPS) is 19.1. The molecule has 1 saturated carbocycles. The van der Waals surface area contributed by atoms with E-state index in [1.54, 1.807) is 0 Å². The summed E-state index contributed by atoms with van der Waals surface area (Å²) in [4.78, 5) is 39.8. The molecular weight excluding hydrogens is 384 g/mol. The van der Waals surface area contributed by atoms with Gasteiger partial charge < -0.3 is 20.3 Å². The maximum atomic E-state index is 12.4. The third-order valence-electron chi connectivity index (χ3n) is 5.81. The van der Waals surface area contributed by atoms with Crippen LogP contribution >= 0.6 is 0 Å². The van der Waals surface area contributed by atoms with Crippen molar-refractivity contribution in [2.45, 2.75) is 44.6 Å². The molecule has 0 spiro atoms. The summed E-state index contributed by atoms with van der Waals surface area (Å²) in [6.45, 7) is 3.74. The summed E-state index contributed by atoms with van der Waals surface area (Å²) in [5.74, 6) is 1.07. The van der Waals surface area contributed by atoms with Gasteiger partial charge in [0.05, 0.1) is 13.2 Å². The largest absolute Gasteiger partial charge is 0.494 e. The van der Waals surface area contributed by atoms with Gasteiger partial charge in [-0.25, -0.2) is 0 Å². The number of hydrogen-bond acceptors (Lipinski definition) is 5. The molecule has 2 heterocycles. The molecule has 1 aromatic carbocycles. The smallest absolute Gasteiger partial charge is 0.234 e. The second kappa shape index (κ2) is 9.47. The molecule has 0 aromatic heterocycles. The lowest BCUT2D eigenvalue weighted by Gasteiger charge is -2.34. The standard InChI is InChI=1S/C22H30N4O4/c27-20-8-3-16-14-18(6-7-19(16)24-20)30-13-1-2-22(29)26-11-9-25(10-12-26)15-21(28)23-17-4-5-17/h6-7,14,17H,1-5,8-13,15H2,(H,23,28)(H,24,27). The number of nitrogens with zero attached hydrogens (tertiary/aromatic N) is 2. The Morgan fingerprint density at radius 3 is 2.70 bits per heavy atom. The Labute approximate surface area is 176 Å². The number of hydrogen-bond donors (Lipinski definition) is 2. The van der Waals surface area contributed by atoms with Crippen LogP contribution in [0.15, 0.2) is 18.2 Å². The molecule has 2 aliphatic heterocycles. The highest BCUT2D eigenvalue weighted by Crippen LogP contribution is 2.27. The van der Waals surface area contributed by atoms with Gasteiger partial charge in [0.25, 0.3) is 0 Å². The topological polar surface area (TPSA) is 91.0 Å². The zero-order valence-electron chi connectivity index (χ0n) is 17.3. The molecule has 3 aliphatic rings. The summed E-state index contributed by atoms with van der Waals surface area (Å²) in [7, 11) is 0. The van der Waals surface area contributed by atoms with E-state index in [2.05, 4.69) is 15.5 Å². The number of piperazine rings is 1. The minimum Gasteiger partial charge on any atom is -0.494 e. The average Bonchev–Trinajstić information content (AvgIpc) is 3.55. The SMILES string of the molecule is O=C1CCc2cc(OCCCC(=O)N3CCN(CC(=O)NC4CC4)CC3)ccc2N1. The first-order valence-corrected chi connectivity index (χ1v) is 10.9. The van der Waals surface area contributed by atoms with Crippen LogP contribution in [-0.4, -0.2) is 72.9 Å². The maximum Gasteiger partial charge on any atom is 0.234 e. The number of rotatable bonds is 8. The molecule has 2 fully saturated rings. The number of carbonyl (C=O) groups is 3. The van der Waals surface area contributed by atoms with Gasteiger partial charge in [-0.1, -0.05) is 0 Å². The Balaban J connectivity index is 1.12. The monoisotopic (exact) mass is 414 g/mol. The lowest BCUT2D eigenvalue weighted by molar-refractivity contribution is -0.133. The summed E-state index contributed by atoms with van der Waals surface area (Å²) in [5, 5.41) is 5.87. The Morgan fingerprint density at radius 1 is 1.13 bits per heavy atom. The van der Waals surface area contributed by atoms with Gasteiger partial charge in [0.2, 0.25) is 17.7 Å². The van der Waals surface area contributed by atoms with Crippen molar-refractivity contribution in [3.63, 3.8) is 0 Å². The molecule has 8 nitrogen and oxygen atoms in total. The predicted octanol–water partition coefficient (Wildman–Crippen LogP) is 1.15. The van der Waals surface area contributed by atoms with E-state index in [0.29, 0.717) is 51.5 Å². The van der Waals surface area contributed by atoms with Crippen LogP contribution in [0, 0.1) is 0 Å². The first-order chi connectivity index (χ1) is 14.6. The van der Waals surface area contributed by atoms with E-state index in [0.717, 1.165) is 49.4 Å². The Kier molecular flexibility index (Phi) is 6.52. The molecule has 1 aromatic rings. The van der Waals surface area contributed by atoms with Gasteiger partial charge in [-0.3, -0.25) is 19.3 Å². The number of aryl methyl sites for hydroxylation is 1. The van der Waals surface area contributed by atoms with Crippen molar-refractivity contribution in [2.75, 3.05) is 44.6 Å². The number of anilines is 1. The van der Waals surface area contributed by atoms with E-state index in [9.17, 15) is 14.4 Å². The van der Waals surface area contributed by atoms with E-state index < -0.39 is 0 Å². The molecule has 0 bridgehead atoms. The third kappa shape index (κ3) is 5.72. The summed E-state index contributed by atoms with van der Waals surface area (Å²) in [6.07, 6.45) is 4.55. The van der Waals surface area contributed by atoms with E-state index in [1.807, 2.05) is 23.1 Å². The number of fused-ring (bicyclic) bond motifs is 1. The molecule has 30 heavy (non-hydrogen) atoms. The Bertz CT molecular complexity index is 800. The number of ether oxygens (including phenoxy) is 1. The summed E-state index contributed by atoms with van der Waals surface area (Å²) >= 11 is 0. The maximum absolute atomic E-state index is 12.4. The minimum absolute atomic E-state index is 0.0528. The van der Waals surface area contributed by atoms with Crippen LogP contribution < -0.4 is 15.4 Å². The summed E-state index contributed by atoms with van der Waals surface area (Å²) in [6, 6.07) is 6.09. The van der Waals surface area contributed by atoms with Gasteiger partial charge in [-0.05, 0) is 49.4 Å². The van der Waals surface area contributed by atoms with Crippen LogP contribution in [0.5, 0.6) is 5.75 Å². The van der Waals surface area contributed by atoms with Gasteiger partial charge in [0.1, 0.15) is 5.75 Å². The predicted molar refractivity (Wildman–Crippen MR) is 112 cm³/mol. The van der Waals surface area contributed by atoms with Gasteiger partial charge in [-0.2, -0.15) is 0 Å². The first-order valence-electron chi connectivity index (χ1n) is 10.9. The van der Waals surface area contributed by atoms with Crippen LogP contribution in [0.25, 0.3) is 0 Å². The zero-order chi connectivity index (χ0) is 20.9. The fourth-order valence-corrected chi connectivity index (χ4v) is 3.88. The quantitative estimate of drug-likeness (QED) is 0.623. The number of carbonyl (C=O) groups excluding carboxylic acids is 3.